The minimum Gasteiger partial charge on any atom is -0.497 e. The van der Waals surface area contributed by atoms with Crippen molar-refractivity contribution < 1.29 is 18.8 Å². The third-order valence-electron chi connectivity index (χ3n) is 4.97. The normalized spacial score (nSPS) is 14.3. The molecule has 3 aromatic rings. The number of nitrogens with one attached hydrogen (secondary N) is 1. The highest BCUT2D eigenvalue weighted by atomic mass is 16.5. The van der Waals surface area contributed by atoms with E-state index in [4.69, 9.17) is 15.0 Å². The van der Waals surface area contributed by atoms with Crippen molar-refractivity contribution in [2.45, 2.75) is 18.3 Å². The van der Waals surface area contributed by atoms with Crippen LogP contribution in [0.1, 0.15) is 28.9 Å². The fraction of sp³-hybridized carbons (Fsp3) is 0.190. The second kappa shape index (κ2) is 6.84. The third-order valence-corrected chi connectivity index (χ3v) is 4.97. The van der Waals surface area contributed by atoms with Crippen molar-refractivity contribution in [1.82, 2.24) is 5.16 Å². The number of anilines is 1. The maximum absolute atomic E-state index is 12.9. The summed E-state index contributed by atoms with van der Waals surface area (Å²) in [6.45, 7) is 0. The summed E-state index contributed by atoms with van der Waals surface area (Å²) in [5.74, 6) is 0.640. The summed E-state index contributed by atoms with van der Waals surface area (Å²) in [6.07, 6.45) is 1.39. The van der Waals surface area contributed by atoms with Gasteiger partial charge in [-0.05, 0) is 49.2 Å². The lowest BCUT2D eigenvalue weighted by atomic mass is 10.00. The van der Waals surface area contributed by atoms with Gasteiger partial charge in [0.05, 0.1) is 18.2 Å². The molecule has 28 heavy (non-hydrogen) atoms. The summed E-state index contributed by atoms with van der Waals surface area (Å²) in [5.41, 5.74) is 6.97. The smallest absolute Gasteiger partial charge is 0.248 e. The van der Waals surface area contributed by atoms with Gasteiger partial charge in [0.2, 0.25) is 11.8 Å². The van der Waals surface area contributed by atoms with E-state index in [2.05, 4.69) is 10.5 Å². The first-order valence-electron chi connectivity index (χ1n) is 8.85. The lowest BCUT2D eigenvalue weighted by Gasteiger charge is -2.12. The van der Waals surface area contributed by atoms with E-state index in [-0.39, 0.29) is 5.91 Å². The first kappa shape index (κ1) is 17.8. The number of ether oxygens (including phenoxy) is 1. The van der Waals surface area contributed by atoms with Gasteiger partial charge in [-0.25, -0.2) is 0 Å². The van der Waals surface area contributed by atoms with Crippen molar-refractivity contribution >= 4 is 17.5 Å². The SMILES string of the molecule is COc1cccc(-c2cc(C3(C(=O)Nc4ccc(C(N)=O)cc4)CC3)no2)c1. The summed E-state index contributed by atoms with van der Waals surface area (Å²) in [7, 11) is 1.60. The molecule has 1 aliphatic rings. The van der Waals surface area contributed by atoms with Crippen LogP contribution in [0.25, 0.3) is 11.3 Å². The molecule has 7 heteroatoms. The number of benzene rings is 2. The van der Waals surface area contributed by atoms with Gasteiger partial charge in [-0.1, -0.05) is 17.3 Å². The molecule has 2 amide bonds. The van der Waals surface area contributed by atoms with Crippen LogP contribution in [0.4, 0.5) is 5.69 Å². The number of nitrogens with zero attached hydrogens (tertiary/aromatic N) is 1. The second-order valence-corrected chi connectivity index (χ2v) is 6.79. The molecule has 0 radical (unpaired) electrons. The summed E-state index contributed by atoms with van der Waals surface area (Å²) in [5, 5.41) is 7.03. The molecular formula is C21H19N3O4. The first-order valence-corrected chi connectivity index (χ1v) is 8.85. The summed E-state index contributed by atoms with van der Waals surface area (Å²) < 4.78 is 10.7. The number of hydrogen-bond acceptors (Lipinski definition) is 5. The van der Waals surface area contributed by atoms with Crippen molar-refractivity contribution in [2.24, 2.45) is 5.73 Å². The lowest BCUT2D eigenvalue weighted by Crippen LogP contribution is -2.28. The third kappa shape index (κ3) is 3.22. The zero-order valence-corrected chi connectivity index (χ0v) is 15.3. The van der Waals surface area contributed by atoms with Gasteiger partial charge >= 0.3 is 0 Å². The van der Waals surface area contributed by atoms with Crippen LogP contribution in [0.3, 0.4) is 0 Å². The zero-order chi connectivity index (χ0) is 19.7. The van der Waals surface area contributed by atoms with Crippen molar-refractivity contribution in [3.63, 3.8) is 0 Å². The number of amides is 2. The highest BCUT2D eigenvalue weighted by molar-refractivity contribution is 6.01. The Hall–Kier alpha value is -3.61. The summed E-state index contributed by atoms with van der Waals surface area (Å²) >= 11 is 0. The van der Waals surface area contributed by atoms with E-state index < -0.39 is 11.3 Å². The Kier molecular flexibility index (Phi) is 4.35. The molecule has 0 spiro atoms. The van der Waals surface area contributed by atoms with Gasteiger partial charge in [-0.15, -0.1) is 0 Å². The molecule has 7 nitrogen and oxygen atoms in total. The molecule has 2 aromatic carbocycles. The van der Waals surface area contributed by atoms with Gasteiger partial charge in [-0.2, -0.15) is 0 Å². The van der Waals surface area contributed by atoms with Crippen LogP contribution in [0.5, 0.6) is 5.75 Å². The maximum Gasteiger partial charge on any atom is 0.248 e. The second-order valence-electron chi connectivity index (χ2n) is 6.79. The Labute approximate surface area is 161 Å². The number of carbonyl (C=O) groups excluding carboxylic acids is 2. The molecule has 0 atom stereocenters. The van der Waals surface area contributed by atoms with Crippen molar-refractivity contribution in [1.29, 1.82) is 0 Å². The molecule has 1 aliphatic carbocycles. The van der Waals surface area contributed by atoms with E-state index in [1.54, 1.807) is 37.4 Å². The molecule has 1 fully saturated rings. The van der Waals surface area contributed by atoms with Crippen molar-refractivity contribution in [3.05, 3.63) is 65.9 Å². The topological polar surface area (TPSA) is 107 Å². The van der Waals surface area contributed by atoms with E-state index in [1.807, 2.05) is 24.3 Å². The minimum atomic E-state index is -0.691. The maximum atomic E-state index is 12.9. The fourth-order valence-corrected chi connectivity index (χ4v) is 3.11. The van der Waals surface area contributed by atoms with E-state index >= 15 is 0 Å². The average molecular weight is 377 g/mol. The Balaban J connectivity index is 1.53. The Bertz CT molecular complexity index is 1040. The molecule has 0 saturated heterocycles. The number of hydrogen-bond donors (Lipinski definition) is 2. The Morgan fingerprint density at radius 2 is 1.89 bits per heavy atom. The fourth-order valence-electron chi connectivity index (χ4n) is 3.11. The lowest BCUT2D eigenvalue weighted by molar-refractivity contribution is -0.118. The molecule has 1 aromatic heterocycles. The molecule has 0 bridgehead atoms. The van der Waals surface area contributed by atoms with Crippen LogP contribution < -0.4 is 15.8 Å². The van der Waals surface area contributed by atoms with Crippen molar-refractivity contribution in [2.75, 3.05) is 12.4 Å². The van der Waals surface area contributed by atoms with Gasteiger partial charge in [-0.3, -0.25) is 9.59 Å². The number of nitrogens with two attached hydrogens (primary N) is 1. The summed E-state index contributed by atoms with van der Waals surface area (Å²) in [6, 6.07) is 15.7. The number of carbonyl (C=O) groups is 2. The van der Waals surface area contributed by atoms with Gasteiger partial charge in [0, 0.05) is 22.9 Å². The molecule has 0 unspecified atom stereocenters. The molecule has 1 saturated carbocycles. The molecular weight excluding hydrogens is 358 g/mol. The largest absolute Gasteiger partial charge is 0.497 e. The van der Waals surface area contributed by atoms with Crippen LogP contribution in [0.15, 0.2) is 59.1 Å². The van der Waals surface area contributed by atoms with E-state index in [0.717, 1.165) is 5.56 Å². The first-order chi connectivity index (χ1) is 13.5. The van der Waals surface area contributed by atoms with Crippen molar-refractivity contribution in [3.8, 4) is 17.1 Å². The van der Waals surface area contributed by atoms with Gasteiger partial charge in [0.25, 0.3) is 0 Å². The number of methoxy groups -OCH3 is 1. The van der Waals surface area contributed by atoms with Crippen LogP contribution >= 0.6 is 0 Å². The Morgan fingerprint density at radius 3 is 2.54 bits per heavy atom. The molecule has 0 aliphatic heterocycles. The quantitative estimate of drug-likeness (QED) is 0.686. The predicted octanol–water partition coefficient (Wildman–Crippen LogP) is 3.12. The van der Waals surface area contributed by atoms with E-state index in [0.29, 0.717) is 41.3 Å². The Morgan fingerprint density at radius 1 is 1.14 bits per heavy atom. The highest BCUT2D eigenvalue weighted by Gasteiger charge is 2.53. The van der Waals surface area contributed by atoms with E-state index in [1.165, 1.54) is 0 Å². The van der Waals surface area contributed by atoms with Crippen LogP contribution in [0, 0.1) is 0 Å². The zero-order valence-electron chi connectivity index (χ0n) is 15.3. The van der Waals surface area contributed by atoms with Crippen LogP contribution in [-0.4, -0.2) is 24.1 Å². The molecule has 142 valence electrons. The monoisotopic (exact) mass is 377 g/mol. The molecule has 3 N–H and O–H groups in total. The van der Waals surface area contributed by atoms with E-state index in [9.17, 15) is 9.59 Å². The minimum absolute atomic E-state index is 0.148. The van der Waals surface area contributed by atoms with Gasteiger partial charge < -0.3 is 20.3 Å². The summed E-state index contributed by atoms with van der Waals surface area (Å²) in [4.78, 5) is 24.0. The number of aromatic nitrogens is 1. The van der Waals surface area contributed by atoms with Crippen LogP contribution in [0.2, 0.25) is 0 Å². The molecule has 4 rings (SSSR count). The van der Waals surface area contributed by atoms with Crippen LogP contribution in [-0.2, 0) is 10.2 Å². The van der Waals surface area contributed by atoms with Gasteiger partial charge in [0.15, 0.2) is 5.76 Å². The average Bonchev–Trinajstić information content (AvgIpc) is 3.38. The number of rotatable bonds is 6. The molecule has 1 heterocycles. The predicted molar refractivity (Wildman–Crippen MR) is 103 cm³/mol. The highest BCUT2D eigenvalue weighted by Crippen LogP contribution is 2.49. The number of primary amides is 1. The van der Waals surface area contributed by atoms with Gasteiger partial charge in [0.1, 0.15) is 5.75 Å². The standard InChI is InChI=1S/C21H19N3O4/c1-27-16-4-2-3-14(11-16)17-12-18(24-28-17)21(9-10-21)20(26)23-15-7-5-13(6-8-15)19(22)25/h2-8,11-12H,9-10H2,1H3,(H2,22,25)(H,23,26).